The van der Waals surface area contributed by atoms with Crippen LogP contribution in [0.3, 0.4) is 0 Å². The molecule has 6 heteroatoms. The summed E-state index contributed by atoms with van der Waals surface area (Å²) in [5.41, 5.74) is 0.563. The molecule has 0 unspecified atom stereocenters. The molecule has 2 N–H and O–H groups in total. The number of alkyl halides is 2. The highest BCUT2D eigenvalue weighted by Gasteiger charge is 2.13. The molecule has 0 bridgehead atoms. The first-order valence-electron chi connectivity index (χ1n) is 5.70. The van der Waals surface area contributed by atoms with E-state index in [1.165, 1.54) is 30.3 Å². The zero-order chi connectivity index (χ0) is 14.5. The fourth-order valence-electron chi connectivity index (χ4n) is 1.61. The molecule has 2 aromatic carbocycles. The second-order valence-corrected chi connectivity index (χ2v) is 4.91. The number of carbonyl (C=O) groups excluding carboxylic acids is 1. The number of halogens is 2. The minimum absolute atomic E-state index is 0.0344. The van der Waals surface area contributed by atoms with Gasteiger partial charge in [0.1, 0.15) is 5.75 Å². The van der Waals surface area contributed by atoms with Crippen LogP contribution in [0.5, 0.6) is 5.75 Å². The van der Waals surface area contributed by atoms with E-state index >= 15 is 0 Å². The number of hydrogen-bond donors (Lipinski definition) is 2. The van der Waals surface area contributed by atoms with Crippen LogP contribution in [0.2, 0.25) is 0 Å². The number of benzene rings is 2. The maximum absolute atomic E-state index is 12.4. The molecule has 0 saturated heterocycles. The molecule has 2 rings (SSSR count). The Bertz CT molecular complexity index is 620. The van der Waals surface area contributed by atoms with Crippen molar-refractivity contribution in [2.75, 3.05) is 5.32 Å². The minimum atomic E-state index is -2.56. The molecule has 0 aliphatic carbocycles. The first kappa shape index (κ1) is 14.3. The van der Waals surface area contributed by atoms with Gasteiger partial charge in [-0.3, -0.25) is 4.79 Å². The summed E-state index contributed by atoms with van der Waals surface area (Å²) in [4.78, 5) is 12.3. The molecule has 0 aliphatic rings. The normalized spacial score (nSPS) is 10.6. The molecule has 3 nitrogen and oxygen atoms in total. The SMILES string of the molecule is O=C(Nc1ccccc1SC(F)F)c1cccc(O)c1. The molecule has 0 aliphatic heterocycles. The maximum Gasteiger partial charge on any atom is 0.288 e. The van der Waals surface area contributed by atoms with Crippen molar-refractivity contribution in [3.05, 3.63) is 54.1 Å². The van der Waals surface area contributed by atoms with Crippen LogP contribution >= 0.6 is 11.8 Å². The summed E-state index contributed by atoms with van der Waals surface area (Å²) in [5.74, 6) is -3.06. The third kappa shape index (κ3) is 3.71. The zero-order valence-electron chi connectivity index (χ0n) is 10.2. The molecule has 0 aromatic heterocycles. The Hall–Kier alpha value is -2.08. The lowest BCUT2D eigenvalue weighted by Gasteiger charge is -2.10. The predicted molar refractivity (Wildman–Crippen MR) is 74.4 cm³/mol. The highest BCUT2D eigenvalue weighted by Crippen LogP contribution is 2.31. The molecular formula is C14H11F2NO2S. The van der Waals surface area contributed by atoms with Crippen molar-refractivity contribution in [2.24, 2.45) is 0 Å². The summed E-state index contributed by atoms with van der Waals surface area (Å²) in [6, 6.07) is 12.1. The average molecular weight is 295 g/mol. The monoisotopic (exact) mass is 295 g/mol. The van der Waals surface area contributed by atoms with E-state index in [0.717, 1.165) is 0 Å². The summed E-state index contributed by atoms with van der Waals surface area (Å²) >= 11 is 0.368. The van der Waals surface area contributed by atoms with E-state index in [1.54, 1.807) is 18.2 Å². The van der Waals surface area contributed by atoms with Crippen molar-refractivity contribution in [3.63, 3.8) is 0 Å². The van der Waals surface area contributed by atoms with Gasteiger partial charge < -0.3 is 10.4 Å². The van der Waals surface area contributed by atoms with Gasteiger partial charge in [0.15, 0.2) is 0 Å². The van der Waals surface area contributed by atoms with E-state index in [2.05, 4.69) is 5.32 Å². The second kappa shape index (κ2) is 6.38. The number of para-hydroxylation sites is 1. The van der Waals surface area contributed by atoms with Crippen LogP contribution in [0.25, 0.3) is 0 Å². The molecule has 0 heterocycles. The summed E-state index contributed by atoms with van der Waals surface area (Å²) in [6.45, 7) is 0. The quantitative estimate of drug-likeness (QED) is 0.839. The van der Waals surface area contributed by atoms with Gasteiger partial charge >= 0.3 is 0 Å². The Morgan fingerprint density at radius 2 is 1.90 bits per heavy atom. The van der Waals surface area contributed by atoms with E-state index < -0.39 is 11.7 Å². The third-order valence-corrected chi connectivity index (χ3v) is 3.25. The van der Waals surface area contributed by atoms with Gasteiger partial charge in [-0.15, -0.1) is 0 Å². The van der Waals surface area contributed by atoms with E-state index in [-0.39, 0.29) is 16.2 Å². The molecule has 0 spiro atoms. The second-order valence-electron chi connectivity index (χ2n) is 3.88. The summed E-state index contributed by atoms with van der Waals surface area (Å²) in [7, 11) is 0. The van der Waals surface area contributed by atoms with Crippen LogP contribution in [0.15, 0.2) is 53.4 Å². The van der Waals surface area contributed by atoms with Crippen LogP contribution in [-0.2, 0) is 0 Å². The van der Waals surface area contributed by atoms with Crippen molar-refractivity contribution in [3.8, 4) is 5.75 Å². The van der Waals surface area contributed by atoms with Gasteiger partial charge in [-0.1, -0.05) is 30.0 Å². The average Bonchev–Trinajstić information content (AvgIpc) is 2.40. The van der Waals surface area contributed by atoms with Crippen LogP contribution in [0, 0.1) is 0 Å². The Balaban J connectivity index is 2.19. The Morgan fingerprint density at radius 3 is 2.60 bits per heavy atom. The van der Waals surface area contributed by atoms with Gasteiger partial charge in [-0.05, 0) is 30.3 Å². The summed E-state index contributed by atoms with van der Waals surface area (Å²) < 4.78 is 24.9. The van der Waals surface area contributed by atoms with Crippen molar-refractivity contribution >= 4 is 23.4 Å². The number of anilines is 1. The molecule has 0 radical (unpaired) electrons. The first-order valence-corrected chi connectivity index (χ1v) is 6.58. The fraction of sp³-hybridized carbons (Fsp3) is 0.0714. The molecule has 20 heavy (non-hydrogen) atoms. The van der Waals surface area contributed by atoms with E-state index in [0.29, 0.717) is 17.4 Å². The molecule has 0 atom stereocenters. The smallest absolute Gasteiger partial charge is 0.288 e. The van der Waals surface area contributed by atoms with Gasteiger partial charge in [0.25, 0.3) is 11.7 Å². The first-order chi connectivity index (χ1) is 9.56. The molecule has 0 fully saturated rings. The van der Waals surface area contributed by atoms with Crippen molar-refractivity contribution in [2.45, 2.75) is 10.7 Å². The van der Waals surface area contributed by atoms with Crippen LogP contribution in [-0.4, -0.2) is 16.8 Å². The van der Waals surface area contributed by atoms with Gasteiger partial charge in [0.05, 0.1) is 5.69 Å². The maximum atomic E-state index is 12.4. The Morgan fingerprint density at radius 1 is 1.15 bits per heavy atom. The number of carbonyl (C=O) groups is 1. The van der Waals surface area contributed by atoms with Crippen LogP contribution < -0.4 is 5.32 Å². The largest absolute Gasteiger partial charge is 0.508 e. The highest BCUT2D eigenvalue weighted by atomic mass is 32.2. The van der Waals surface area contributed by atoms with E-state index in [1.807, 2.05) is 0 Å². The van der Waals surface area contributed by atoms with Crippen LogP contribution in [0.1, 0.15) is 10.4 Å². The van der Waals surface area contributed by atoms with E-state index in [9.17, 15) is 18.7 Å². The van der Waals surface area contributed by atoms with Crippen molar-refractivity contribution < 1.29 is 18.7 Å². The molecule has 104 valence electrons. The van der Waals surface area contributed by atoms with Crippen molar-refractivity contribution in [1.29, 1.82) is 0 Å². The molecule has 2 aromatic rings. The standard InChI is InChI=1S/C14H11F2NO2S/c15-14(16)20-12-7-2-1-6-11(12)17-13(19)9-4-3-5-10(18)8-9/h1-8,14,18H,(H,17,19). The number of phenols is 1. The summed E-state index contributed by atoms with van der Waals surface area (Å²) in [6.07, 6.45) is 0. The van der Waals surface area contributed by atoms with Gasteiger partial charge in [0, 0.05) is 10.5 Å². The van der Waals surface area contributed by atoms with E-state index in [4.69, 9.17) is 0 Å². The zero-order valence-corrected chi connectivity index (χ0v) is 11.0. The lowest BCUT2D eigenvalue weighted by atomic mass is 10.2. The number of nitrogens with one attached hydrogen (secondary N) is 1. The van der Waals surface area contributed by atoms with Gasteiger partial charge in [-0.25, -0.2) is 0 Å². The number of aromatic hydroxyl groups is 1. The fourth-order valence-corrected chi connectivity index (χ4v) is 2.21. The minimum Gasteiger partial charge on any atom is -0.508 e. The van der Waals surface area contributed by atoms with Gasteiger partial charge in [0.2, 0.25) is 0 Å². The predicted octanol–water partition coefficient (Wildman–Crippen LogP) is 3.96. The number of phenolic OH excluding ortho intramolecular Hbond substituents is 1. The Labute approximate surface area is 118 Å². The Kier molecular flexibility index (Phi) is 4.57. The summed E-state index contributed by atoms with van der Waals surface area (Å²) in [5, 5.41) is 11.9. The lowest BCUT2D eigenvalue weighted by molar-refractivity contribution is 0.102. The lowest BCUT2D eigenvalue weighted by Crippen LogP contribution is -2.12. The molecule has 1 amide bonds. The number of rotatable bonds is 4. The number of hydrogen-bond acceptors (Lipinski definition) is 3. The number of amides is 1. The number of thioether (sulfide) groups is 1. The molecule has 0 saturated carbocycles. The molecular weight excluding hydrogens is 284 g/mol. The van der Waals surface area contributed by atoms with Gasteiger partial charge in [-0.2, -0.15) is 8.78 Å². The highest BCUT2D eigenvalue weighted by molar-refractivity contribution is 7.99. The third-order valence-electron chi connectivity index (χ3n) is 2.46. The topological polar surface area (TPSA) is 49.3 Å². The van der Waals surface area contributed by atoms with Crippen molar-refractivity contribution in [1.82, 2.24) is 0 Å². The van der Waals surface area contributed by atoms with Crippen LogP contribution in [0.4, 0.5) is 14.5 Å².